The number of aliphatic hydroxyl groups excluding tert-OH is 1. The van der Waals surface area contributed by atoms with E-state index in [1.807, 2.05) is 20.9 Å². The second-order valence-corrected chi connectivity index (χ2v) is 5.53. The monoisotopic (exact) mass is 263 g/mol. The van der Waals surface area contributed by atoms with Crippen LogP contribution in [0.25, 0.3) is 0 Å². The van der Waals surface area contributed by atoms with Crippen molar-refractivity contribution in [3.63, 3.8) is 0 Å². The Hall–Kier alpha value is -1.35. The second-order valence-electron chi connectivity index (χ2n) is 5.53. The zero-order valence-electron chi connectivity index (χ0n) is 12.4. The molecule has 1 aromatic carbocycles. The van der Waals surface area contributed by atoms with Crippen molar-refractivity contribution in [2.24, 2.45) is 11.8 Å². The molecular weight excluding hydrogens is 238 g/mol. The summed E-state index contributed by atoms with van der Waals surface area (Å²) in [4.78, 5) is 13.9. The van der Waals surface area contributed by atoms with E-state index >= 15 is 0 Å². The molecule has 1 amide bonds. The Morgan fingerprint density at radius 2 is 1.84 bits per heavy atom. The lowest BCUT2D eigenvalue weighted by molar-refractivity contribution is -0.137. The average Bonchev–Trinajstić information content (AvgIpc) is 2.38. The average molecular weight is 263 g/mol. The lowest BCUT2D eigenvalue weighted by Gasteiger charge is -2.25. The maximum Gasteiger partial charge on any atom is 0.228 e. The van der Waals surface area contributed by atoms with Crippen molar-refractivity contribution in [1.29, 1.82) is 0 Å². The van der Waals surface area contributed by atoms with Crippen molar-refractivity contribution < 1.29 is 9.90 Å². The number of likely N-dealkylation sites (N-methyl/N-ethyl adjacent to an activating group) is 1. The number of hydrogen-bond donors (Lipinski definition) is 1. The van der Waals surface area contributed by atoms with Crippen LogP contribution in [0.4, 0.5) is 0 Å². The Kier molecular flexibility index (Phi) is 6.03. The molecule has 19 heavy (non-hydrogen) atoms. The molecule has 0 heterocycles. The van der Waals surface area contributed by atoms with Gasteiger partial charge in [0.2, 0.25) is 5.91 Å². The Bertz CT molecular complexity index is 398. The summed E-state index contributed by atoms with van der Waals surface area (Å²) in [5.41, 5.74) is 2.48. The number of aliphatic hydroxyl groups is 1. The van der Waals surface area contributed by atoms with E-state index in [0.717, 1.165) is 6.42 Å². The van der Waals surface area contributed by atoms with E-state index in [1.54, 1.807) is 4.90 Å². The van der Waals surface area contributed by atoms with E-state index in [9.17, 15) is 9.90 Å². The number of nitrogens with zero attached hydrogens (tertiary/aromatic N) is 1. The van der Waals surface area contributed by atoms with E-state index in [2.05, 4.69) is 31.2 Å². The predicted octanol–water partition coefficient (Wildman–Crippen LogP) is 2.26. The van der Waals surface area contributed by atoms with E-state index < -0.39 is 0 Å². The number of rotatable bonds is 6. The van der Waals surface area contributed by atoms with Gasteiger partial charge >= 0.3 is 0 Å². The Labute approximate surface area is 116 Å². The molecule has 0 aliphatic carbocycles. The first-order chi connectivity index (χ1) is 8.95. The minimum Gasteiger partial charge on any atom is -0.396 e. The molecule has 0 radical (unpaired) electrons. The van der Waals surface area contributed by atoms with Gasteiger partial charge in [0.05, 0.1) is 12.5 Å². The van der Waals surface area contributed by atoms with Crippen molar-refractivity contribution >= 4 is 5.91 Å². The summed E-state index contributed by atoms with van der Waals surface area (Å²) in [6, 6.07) is 8.36. The number of hydrogen-bond acceptors (Lipinski definition) is 2. The summed E-state index contributed by atoms with van der Waals surface area (Å²) >= 11 is 0. The zero-order chi connectivity index (χ0) is 14.4. The summed E-state index contributed by atoms with van der Waals surface area (Å²) in [5, 5.41) is 9.28. The molecule has 0 aliphatic rings. The van der Waals surface area contributed by atoms with Crippen molar-refractivity contribution in [2.45, 2.75) is 27.2 Å². The van der Waals surface area contributed by atoms with Gasteiger partial charge in [0, 0.05) is 13.6 Å². The number of carbonyl (C=O) groups is 1. The van der Waals surface area contributed by atoms with Gasteiger partial charge in [-0.3, -0.25) is 4.79 Å². The van der Waals surface area contributed by atoms with Crippen molar-refractivity contribution in [3.05, 3.63) is 35.4 Å². The molecule has 3 heteroatoms. The number of amides is 1. The van der Waals surface area contributed by atoms with Gasteiger partial charge in [-0.15, -0.1) is 0 Å². The van der Waals surface area contributed by atoms with Crippen LogP contribution in [0.2, 0.25) is 0 Å². The standard InChI is InChI=1S/C16H25NO2/c1-12(2)15(11-18)16(19)17(4)10-9-14-7-5-13(3)6-8-14/h5-8,12,15,18H,9-11H2,1-4H3. The molecule has 0 saturated carbocycles. The topological polar surface area (TPSA) is 40.5 Å². The molecule has 0 spiro atoms. The van der Waals surface area contributed by atoms with Crippen molar-refractivity contribution in [3.8, 4) is 0 Å². The zero-order valence-corrected chi connectivity index (χ0v) is 12.4. The summed E-state index contributed by atoms with van der Waals surface area (Å²) in [6.07, 6.45) is 0.846. The van der Waals surface area contributed by atoms with Crippen molar-refractivity contribution in [1.82, 2.24) is 4.90 Å². The van der Waals surface area contributed by atoms with E-state index in [4.69, 9.17) is 0 Å². The molecule has 0 fully saturated rings. The second kappa shape index (κ2) is 7.29. The first-order valence-electron chi connectivity index (χ1n) is 6.87. The molecule has 0 bridgehead atoms. The van der Waals surface area contributed by atoms with Gasteiger partial charge in [-0.1, -0.05) is 43.7 Å². The van der Waals surface area contributed by atoms with Crippen LogP contribution < -0.4 is 0 Å². The van der Waals surface area contributed by atoms with E-state index in [-0.39, 0.29) is 24.3 Å². The minimum atomic E-state index is -0.289. The molecule has 106 valence electrons. The van der Waals surface area contributed by atoms with E-state index in [1.165, 1.54) is 11.1 Å². The summed E-state index contributed by atoms with van der Waals surface area (Å²) < 4.78 is 0. The van der Waals surface area contributed by atoms with Crippen LogP contribution in [0.1, 0.15) is 25.0 Å². The first kappa shape index (κ1) is 15.7. The normalized spacial score (nSPS) is 12.5. The molecular formula is C16H25NO2. The summed E-state index contributed by atoms with van der Waals surface area (Å²) in [6.45, 7) is 6.60. The summed E-state index contributed by atoms with van der Waals surface area (Å²) in [5.74, 6) is -0.0908. The summed E-state index contributed by atoms with van der Waals surface area (Å²) in [7, 11) is 1.81. The maximum atomic E-state index is 12.2. The van der Waals surface area contributed by atoms with Gasteiger partial charge in [-0.2, -0.15) is 0 Å². The molecule has 0 saturated heterocycles. The largest absolute Gasteiger partial charge is 0.396 e. The number of aryl methyl sites for hydroxylation is 1. The Balaban J connectivity index is 2.52. The highest BCUT2D eigenvalue weighted by molar-refractivity contribution is 5.78. The fourth-order valence-electron chi connectivity index (χ4n) is 2.02. The van der Waals surface area contributed by atoms with Crippen molar-refractivity contribution in [2.75, 3.05) is 20.2 Å². The van der Waals surface area contributed by atoms with Crippen LogP contribution in [-0.2, 0) is 11.2 Å². The molecule has 1 atom stereocenters. The highest BCUT2D eigenvalue weighted by Crippen LogP contribution is 2.13. The number of carbonyl (C=O) groups excluding carboxylic acids is 1. The third-order valence-corrected chi connectivity index (χ3v) is 3.55. The van der Waals surface area contributed by atoms with Gasteiger partial charge in [0.1, 0.15) is 0 Å². The lowest BCUT2D eigenvalue weighted by Crippen LogP contribution is -2.38. The minimum absolute atomic E-state index is 0.0320. The highest BCUT2D eigenvalue weighted by atomic mass is 16.3. The van der Waals surface area contributed by atoms with Crippen LogP contribution in [-0.4, -0.2) is 36.1 Å². The van der Waals surface area contributed by atoms with Gasteiger partial charge < -0.3 is 10.0 Å². The molecule has 0 aromatic heterocycles. The Morgan fingerprint density at radius 1 is 1.26 bits per heavy atom. The van der Waals surface area contributed by atoms with Crippen LogP contribution in [0.3, 0.4) is 0 Å². The molecule has 1 unspecified atom stereocenters. The SMILES string of the molecule is Cc1ccc(CCN(C)C(=O)C(CO)C(C)C)cc1. The molecule has 1 aromatic rings. The Morgan fingerprint density at radius 3 is 2.32 bits per heavy atom. The maximum absolute atomic E-state index is 12.2. The third-order valence-electron chi connectivity index (χ3n) is 3.55. The lowest BCUT2D eigenvalue weighted by atomic mass is 9.95. The quantitative estimate of drug-likeness (QED) is 0.855. The fraction of sp³-hybridized carbons (Fsp3) is 0.562. The van der Waals surface area contributed by atoms with Gasteiger partial charge in [0.25, 0.3) is 0 Å². The molecule has 3 nitrogen and oxygen atoms in total. The van der Waals surface area contributed by atoms with Crippen LogP contribution >= 0.6 is 0 Å². The van der Waals surface area contributed by atoms with Gasteiger partial charge in [-0.25, -0.2) is 0 Å². The molecule has 1 N–H and O–H groups in total. The smallest absolute Gasteiger partial charge is 0.228 e. The fourth-order valence-corrected chi connectivity index (χ4v) is 2.02. The molecule has 1 rings (SSSR count). The van der Waals surface area contributed by atoms with Gasteiger partial charge in [-0.05, 0) is 24.8 Å². The van der Waals surface area contributed by atoms with Crippen LogP contribution in [0, 0.1) is 18.8 Å². The van der Waals surface area contributed by atoms with E-state index in [0.29, 0.717) is 6.54 Å². The molecule has 0 aliphatic heterocycles. The van der Waals surface area contributed by atoms with Crippen LogP contribution in [0.5, 0.6) is 0 Å². The first-order valence-corrected chi connectivity index (χ1v) is 6.87. The van der Waals surface area contributed by atoms with Gasteiger partial charge in [0.15, 0.2) is 0 Å². The predicted molar refractivity (Wildman–Crippen MR) is 77.9 cm³/mol. The number of benzene rings is 1. The highest BCUT2D eigenvalue weighted by Gasteiger charge is 2.24. The van der Waals surface area contributed by atoms with Crippen LogP contribution in [0.15, 0.2) is 24.3 Å². The third kappa shape index (κ3) is 4.67.